The van der Waals surface area contributed by atoms with E-state index in [1.54, 1.807) is 12.1 Å². The quantitative estimate of drug-likeness (QED) is 0.243. The lowest BCUT2D eigenvalue weighted by Gasteiger charge is -2.31. The maximum atomic E-state index is 12.2. The molecule has 0 aromatic heterocycles. The monoisotopic (exact) mass is 375 g/mol. The molecule has 1 aromatic carbocycles. The van der Waals surface area contributed by atoms with E-state index in [2.05, 4.69) is 33.1 Å². The smallest absolute Gasteiger partial charge is 0.252 e. The van der Waals surface area contributed by atoms with E-state index in [-0.39, 0.29) is 11.7 Å². The summed E-state index contributed by atoms with van der Waals surface area (Å²) >= 11 is 2.15. The number of benzene rings is 1. The highest BCUT2D eigenvalue weighted by Crippen LogP contribution is 2.17. The van der Waals surface area contributed by atoms with Crippen molar-refractivity contribution < 1.29 is 10.0 Å². The molecule has 4 N–H and O–H groups in total. The van der Waals surface area contributed by atoms with Gasteiger partial charge >= 0.3 is 0 Å². The Morgan fingerprint density at radius 1 is 1.47 bits per heavy atom. The second kappa shape index (κ2) is 6.74. The SMILES string of the molecule is CCC(CC)(NC(=O)c1cccc(I)c1)/C(N)=N/O. The highest BCUT2D eigenvalue weighted by molar-refractivity contribution is 14.1. The van der Waals surface area contributed by atoms with Gasteiger partial charge in [-0.3, -0.25) is 4.79 Å². The lowest BCUT2D eigenvalue weighted by Crippen LogP contribution is -2.56. The van der Waals surface area contributed by atoms with Crippen LogP contribution in [-0.4, -0.2) is 22.5 Å². The van der Waals surface area contributed by atoms with E-state index in [9.17, 15) is 4.79 Å². The third-order valence-corrected chi connectivity index (χ3v) is 3.92. The zero-order chi connectivity index (χ0) is 14.5. The standard InChI is InChI=1S/C13H18IN3O2/c1-3-13(4-2,12(15)17-19)16-11(18)9-6-5-7-10(14)8-9/h5-8,19H,3-4H2,1-2H3,(H2,15,17)(H,16,18). The zero-order valence-corrected chi connectivity index (χ0v) is 13.1. The van der Waals surface area contributed by atoms with Crippen molar-refractivity contribution in [2.45, 2.75) is 32.2 Å². The van der Waals surface area contributed by atoms with Crippen molar-refractivity contribution in [3.8, 4) is 0 Å². The molecule has 19 heavy (non-hydrogen) atoms. The third kappa shape index (κ3) is 3.59. The van der Waals surface area contributed by atoms with Gasteiger partial charge in [0.2, 0.25) is 0 Å². The number of carbonyl (C=O) groups is 1. The van der Waals surface area contributed by atoms with Gasteiger partial charge in [-0.15, -0.1) is 0 Å². The van der Waals surface area contributed by atoms with Crippen LogP contribution in [-0.2, 0) is 0 Å². The van der Waals surface area contributed by atoms with Crippen LogP contribution in [0.1, 0.15) is 37.0 Å². The number of amides is 1. The van der Waals surface area contributed by atoms with Crippen LogP contribution in [0.15, 0.2) is 29.4 Å². The minimum Gasteiger partial charge on any atom is -0.409 e. The van der Waals surface area contributed by atoms with Gasteiger partial charge in [-0.05, 0) is 53.6 Å². The Labute approximate surface area is 126 Å². The molecule has 0 unspecified atom stereocenters. The fourth-order valence-electron chi connectivity index (χ4n) is 1.87. The Bertz CT molecular complexity index is 485. The predicted molar refractivity (Wildman–Crippen MR) is 83.3 cm³/mol. The summed E-state index contributed by atoms with van der Waals surface area (Å²) in [6.07, 6.45) is 1.10. The number of hydrogen-bond donors (Lipinski definition) is 3. The predicted octanol–water partition coefficient (Wildman–Crippen LogP) is 2.33. The van der Waals surface area contributed by atoms with Crippen LogP contribution in [0.25, 0.3) is 0 Å². The first-order valence-corrected chi connectivity index (χ1v) is 7.13. The summed E-state index contributed by atoms with van der Waals surface area (Å²) in [5.41, 5.74) is 5.46. The molecule has 0 aliphatic rings. The van der Waals surface area contributed by atoms with E-state index in [0.717, 1.165) is 3.57 Å². The molecule has 1 aromatic rings. The van der Waals surface area contributed by atoms with Crippen molar-refractivity contribution >= 4 is 34.3 Å². The van der Waals surface area contributed by atoms with E-state index >= 15 is 0 Å². The summed E-state index contributed by atoms with van der Waals surface area (Å²) in [5, 5.41) is 14.8. The molecular formula is C13H18IN3O2. The Hall–Kier alpha value is -1.31. The fourth-order valence-corrected chi connectivity index (χ4v) is 2.41. The molecule has 104 valence electrons. The minimum atomic E-state index is -0.812. The topological polar surface area (TPSA) is 87.7 Å². The van der Waals surface area contributed by atoms with Crippen molar-refractivity contribution in [1.29, 1.82) is 0 Å². The number of rotatable bonds is 5. The van der Waals surface area contributed by atoms with Crippen LogP contribution >= 0.6 is 22.6 Å². The molecule has 5 nitrogen and oxygen atoms in total. The first kappa shape index (κ1) is 15.7. The molecule has 6 heteroatoms. The second-order valence-electron chi connectivity index (χ2n) is 4.24. The van der Waals surface area contributed by atoms with Gasteiger partial charge in [0.1, 0.15) is 5.54 Å². The summed E-state index contributed by atoms with van der Waals surface area (Å²) in [6.45, 7) is 3.77. The highest BCUT2D eigenvalue weighted by Gasteiger charge is 2.33. The lowest BCUT2D eigenvalue weighted by atomic mass is 9.91. The molecule has 0 saturated carbocycles. The number of oxime groups is 1. The van der Waals surface area contributed by atoms with Crippen LogP contribution in [0.4, 0.5) is 0 Å². The summed E-state index contributed by atoms with van der Waals surface area (Å²) in [5.74, 6) is -0.203. The number of carbonyl (C=O) groups excluding carboxylic acids is 1. The van der Waals surface area contributed by atoms with Crippen LogP contribution in [0.2, 0.25) is 0 Å². The number of halogens is 1. The molecule has 1 amide bonds. The summed E-state index contributed by atoms with van der Waals surface area (Å²) in [6, 6.07) is 7.26. The van der Waals surface area contributed by atoms with Gasteiger partial charge < -0.3 is 16.3 Å². The number of amidine groups is 1. The third-order valence-electron chi connectivity index (χ3n) is 3.24. The average Bonchev–Trinajstić information content (AvgIpc) is 2.43. The Morgan fingerprint density at radius 3 is 2.58 bits per heavy atom. The van der Waals surface area contributed by atoms with Gasteiger partial charge in [0.25, 0.3) is 5.91 Å². The maximum Gasteiger partial charge on any atom is 0.252 e. The molecule has 0 spiro atoms. The summed E-state index contributed by atoms with van der Waals surface area (Å²) < 4.78 is 0.979. The molecule has 0 bridgehead atoms. The van der Waals surface area contributed by atoms with Gasteiger partial charge in [0.05, 0.1) is 0 Å². The van der Waals surface area contributed by atoms with Crippen molar-refractivity contribution in [3.05, 3.63) is 33.4 Å². The first-order chi connectivity index (χ1) is 8.99. The van der Waals surface area contributed by atoms with Crippen molar-refractivity contribution in [3.63, 3.8) is 0 Å². The Kier molecular flexibility index (Phi) is 5.59. The summed E-state index contributed by atoms with van der Waals surface area (Å²) in [7, 11) is 0. The Balaban J connectivity index is 3.01. The number of hydrogen-bond acceptors (Lipinski definition) is 3. The van der Waals surface area contributed by atoms with Gasteiger partial charge in [-0.1, -0.05) is 25.1 Å². The van der Waals surface area contributed by atoms with Crippen LogP contribution in [0.3, 0.4) is 0 Å². The molecule has 0 radical (unpaired) electrons. The first-order valence-electron chi connectivity index (χ1n) is 6.05. The molecule has 0 aliphatic carbocycles. The average molecular weight is 375 g/mol. The molecule has 0 aliphatic heterocycles. The molecular weight excluding hydrogens is 357 g/mol. The number of nitrogens with zero attached hydrogens (tertiary/aromatic N) is 1. The van der Waals surface area contributed by atoms with E-state index in [0.29, 0.717) is 18.4 Å². The molecule has 1 rings (SSSR count). The normalized spacial score (nSPS) is 12.3. The molecule has 0 fully saturated rings. The highest BCUT2D eigenvalue weighted by atomic mass is 127. The van der Waals surface area contributed by atoms with Crippen molar-refractivity contribution in [1.82, 2.24) is 5.32 Å². The van der Waals surface area contributed by atoms with E-state index in [4.69, 9.17) is 10.9 Å². The Morgan fingerprint density at radius 2 is 2.11 bits per heavy atom. The largest absolute Gasteiger partial charge is 0.409 e. The molecule has 0 saturated heterocycles. The molecule has 0 atom stereocenters. The zero-order valence-electron chi connectivity index (χ0n) is 11.0. The van der Waals surface area contributed by atoms with Crippen LogP contribution in [0, 0.1) is 3.57 Å². The van der Waals surface area contributed by atoms with E-state index < -0.39 is 5.54 Å². The minimum absolute atomic E-state index is 0.0245. The fraction of sp³-hybridized carbons (Fsp3) is 0.385. The van der Waals surface area contributed by atoms with E-state index in [1.165, 1.54) is 0 Å². The van der Waals surface area contributed by atoms with Crippen LogP contribution in [0.5, 0.6) is 0 Å². The van der Waals surface area contributed by atoms with Gasteiger partial charge in [-0.25, -0.2) is 0 Å². The van der Waals surface area contributed by atoms with Gasteiger partial charge in [0, 0.05) is 9.13 Å². The number of nitrogens with one attached hydrogen (secondary N) is 1. The van der Waals surface area contributed by atoms with Crippen molar-refractivity contribution in [2.24, 2.45) is 10.9 Å². The van der Waals surface area contributed by atoms with E-state index in [1.807, 2.05) is 26.0 Å². The summed E-state index contributed by atoms with van der Waals surface area (Å²) in [4.78, 5) is 12.2. The van der Waals surface area contributed by atoms with Gasteiger partial charge in [0.15, 0.2) is 5.84 Å². The van der Waals surface area contributed by atoms with Crippen LogP contribution < -0.4 is 11.1 Å². The lowest BCUT2D eigenvalue weighted by molar-refractivity contribution is 0.0917. The maximum absolute atomic E-state index is 12.2. The number of nitrogens with two attached hydrogens (primary N) is 1. The van der Waals surface area contributed by atoms with Gasteiger partial charge in [-0.2, -0.15) is 0 Å². The molecule has 0 heterocycles. The van der Waals surface area contributed by atoms with Crippen molar-refractivity contribution in [2.75, 3.05) is 0 Å². The second-order valence-corrected chi connectivity index (χ2v) is 5.48.